The van der Waals surface area contributed by atoms with Crippen molar-refractivity contribution in [1.82, 2.24) is 0 Å². The number of methoxy groups -OCH3 is 2. The Kier molecular flexibility index (Phi) is 6.87. The Hall–Kier alpha value is -3.49. The molecule has 2 aromatic rings. The molecule has 6 nitrogen and oxygen atoms in total. The average molecular weight is 409 g/mol. The molecule has 0 heterocycles. The largest absolute Gasteiger partial charge is 0.466 e. The van der Waals surface area contributed by atoms with E-state index >= 15 is 0 Å². The van der Waals surface area contributed by atoms with Gasteiger partial charge in [0.05, 0.1) is 25.9 Å². The number of carbonyl (C=O) groups excluding carboxylic acids is 2. The van der Waals surface area contributed by atoms with Gasteiger partial charge in [0.1, 0.15) is 17.2 Å². The van der Waals surface area contributed by atoms with Gasteiger partial charge in [-0.05, 0) is 55.0 Å². The number of ether oxygens (including phenoxy) is 3. The molecule has 9 heteroatoms. The number of rotatable bonds is 6. The summed E-state index contributed by atoms with van der Waals surface area (Å²) in [6, 6.07) is 9.06. The second-order valence-electron chi connectivity index (χ2n) is 5.80. The molecule has 29 heavy (non-hydrogen) atoms. The minimum absolute atomic E-state index is 0.126. The number of alkyl halides is 3. The van der Waals surface area contributed by atoms with E-state index in [1.54, 1.807) is 25.1 Å². The fourth-order valence-corrected chi connectivity index (χ4v) is 2.27. The maximum Gasteiger partial charge on any atom is 0.416 e. The summed E-state index contributed by atoms with van der Waals surface area (Å²) >= 11 is 0. The van der Waals surface area contributed by atoms with Crippen molar-refractivity contribution in [2.24, 2.45) is 0 Å². The lowest BCUT2D eigenvalue weighted by atomic mass is 10.1. The van der Waals surface area contributed by atoms with Crippen LogP contribution in [0, 0.1) is 6.92 Å². The van der Waals surface area contributed by atoms with Gasteiger partial charge in [-0.1, -0.05) is 0 Å². The molecule has 0 aromatic heterocycles. The first-order chi connectivity index (χ1) is 13.6. The first-order valence-electron chi connectivity index (χ1n) is 8.24. The average Bonchev–Trinajstić information content (AvgIpc) is 2.68. The molecule has 0 saturated carbocycles. The van der Waals surface area contributed by atoms with Crippen LogP contribution in [0.25, 0.3) is 0 Å². The van der Waals surface area contributed by atoms with Gasteiger partial charge in [-0.15, -0.1) is 0 Å². The van der Waals surface area contributed by atoms with E-state index in [-0.39, 0.29) is 11.4 Å². The van der Waals surface area contributed by atoms with Gasteiger partial charge in [-0.3, -0.25) is 0 Å². The van der Waals surface area contributed by atoms with Gasteiger partial charge in [0.25, 0.3) is 0 Å². The van der Waals surface area contributed by atoms with E-state index < -0.39 is 23.7 Å². The zero-order valence-electron chi connectivity index (χ0n) is 15.8. The summed E-state index contributed by atoms with van der Waals surface area (Å²) in [4.78, 5) is 23.2. The van der Waals surface area contributed by atoms with Crippen molar-refractivity contribution in [1.29, 1.82) is 0 Å². The summed E-state index contributed by atoms with van der Waals surface area (Å²) in [5.74, 6) is -0.888. The number of hydrogen-bond acceptors (Lipinski definition) is 6. The van der Waals surface area contributed by atoms with E-state index in [0.29, 0.717) is 17.0 Å². The number of hydrogen-bond donors (Lipinski definition) is 1. The Balaban J connectivity index is 2.18. The summed E-state index contributed by atoms with van der Waals surface area (Å²) in [6.07, 6.45) is -3.46. The molecule has 0 saturated heterocycles. The zero-order valence-corrected chi connectivity index (χ0v) is 15.8. The van der Waals surface area contributed by atoms with Crippen LogP contribution in [0.1, 0.15) is 11.1 Å². The highest BCUT2D eigenvalue weighted by Gasteiger charge is 2.30. The number of carbonyl (C=O) groups is 2. The van der Waals surface area contributed by atoms with Crippen molar-refractivity contribution in [3.63, 3.8) is 0 Å². The molecule has 0 unspecified atom stereocenters. The summed E-state index contributed by atoms with van der Waals surface area (Å²) in [5.41, 5.74) is 0.242. The lowest BCUT2D eigenvalue weighted by Crippen LogP contribution is -2.16. The van der Waals surface area contributed by atoms with Crippen LogP contribution in [0.2, 0.25) is 0 Å². The van der Waals surface area contributed by atoms with Crippen LogP contribution in [-0.2, 0) is 25.2 Å². The number of halogens is 3. The molecule has 154 valence electrons. The number of esters is 2. The van der Waals surface area contributed by atoms with Gasteiger partial charge in [-0.2, -0.15) is 13.2 Å². The van der Waals surface area contributed by atoms with E-state index in [0.717, 1.165) is 18.2 Å². The molecule has 2 aromatic carbocycles. The summed E-state index contributed by atoms with van der Waals surface area (Å²) in [6.45, 7) is 1.72. The SMILES string of the molecule is COC(=O)/C=C(/Nc1ccc(Oc2ccc(C(F)(F)F)cc2)cc1C)C(=O)OC. The smallest absolute Gasteiger partial charge is 0.416 e. The van der Waals surface area contributed by atoms with Gasteiger partial charge in [0.2, 0.25) is 0 Å². The van der Waals surface area contributed by atoms with Crippen LogP contribution in [0.3, 0.4) is 0 Å². The van der Waals surface area contributed by atoms with Crippen molar-refractivity contribution in [3.05, 3.63) is 65.4 Å². The first kappa shape index (κ1) is 21.8. The lowest BCUT2D eigenvalue weighted by molar-refractivity contribution is -0.138. The number of benzene rings is 2. The van der Waals surface area contributed by atoms with E-state index in [9.17, 15) is 22.8 Å². The molecule has 0 bridgehead atoms. The van der Waals surface area contributed by atoms with E-state index in [4.69, 9.17) is 4.74 Å². The molecule has 0 spiro atoms. The molecular weight excluding hydrogens is 391 g/mol. The van der Waals surface area contributed by atoms with Crippen molar-refractivity contribution in [2.45, 2.75) is 13.1 Å². The van der Waals surface area contributed by atoms with Crippen molar-refractivity contribution < 1.29 is 37.0 Å². The molecule has 2 rings (SSSR count). The molecule has 1 N–H and O–H groups in total. The van der Waals surface area contributed by atoms with Crippen molar-refractivity contribution in [3.8, 4) is 11.5 Å². The Morgan fingerprint density at radius 3 is 2.10 bits per heavy atom. The van der Waals surface area contributed by atoms with Gasteiger partial charge in [0, 0.05) is 5.69 Å². The monoisotopic (exact) mass is 409 g/mol. The van der Waals surface area contributed by atoms with E-state index in [1.807, 2.05) is 0 Å². The third-order valence-electron chi connectivity index (χ3n) is 3.75. The molecular formula is C20H18F3NO5. The highest BCUT2D eigenvalue weighted by molar-refractivity contribution is 5.98. The summed E-state index contributed by atoms with van der Waals surface area (Å²) < 4.78 is 52.5. The predicted molar refractivity (Wildman–Crippen MR) is 98.4 cm³/mol. The fourth-order valence-electron chi connectivity index (χ4n) is 2.27. The van der Waals surface area contributed by atoms with E-state index in [2.05, 4.69) is 14.8 Å². The van der Waals surface area contributed by atoms with Crippen LogP contribution in [0.4, 0.5) is 18.9 Å². The lowest BCUT2D eigenvalue weighted by Gasteiger charge is -2.13. The standard InChI is InChI=1S/C20H18F3NO5/c1-12-10-15(29-14-6-4-13(5-7-14)20(21,22)23)8-9-16(12)24-17(19(26)28-3)11-18(25)27-2/h4-11,24H,1-3H3/b17-11+. The first-order valence-corrected chi connectivity index (χ1v) is 8.24. The number of anilines is 1. The van der Waals surface area contributed by atoms with Crippen LogP contribution < -0.4 is 10.1 Å². The highest BCUT2D eigenvalue weighted by atomic mass is 19.4. The van der Waals surface area contributed by atoms with Crippen LogP contribution in [-0.4, -0.2) is 26.2 Å². The Morgan fingerprint density at radius 2 is 1.59 bits per heavy atom. The van der Waals surface area contributed by atoms with Crippen molar-refractivity contribution >= 4 is 17.6 Å². The minimum Gasteiger partial charge on any atom is -0.466 e. The summed E-state index contributed by atoms with van der Waals surface area (Å²) in [7, 11) is 2.34. The Bertz CT molecular complexity index is 921. The normalized spacial score (nSPS) is 11.6. The number of nitrogens with one attached hydrogen (secondary N) is 1. The fraction of sp³-hybridized carbons (Fsp3) is 0.200. The molecule has 0 aliphatic heterocycles. The minimum atomic E-state index is -4.42. The van der Waals surface area contributed by atoms with Crippen molar-refractivity contribution in [2.75, 3.05) is 19.5 Å². The van der Waals surface area contributed by atoms with Gasteiger partial charge < -0.3 is 19.5 Å². The quantitative estimate of drug-likeness (QED) is 0.561. The molecule has 0 aliphatic carbocycles. The van der Waals surface area contributed by atoms with E-state index in [1.165, 1.54) is 26.4 Å². The maximum atomic E-state index is 12.6. The Labute approximate surface area is 164 Å². The van der Waals surface area contributed by atoms with Crippen LogP contribution >= 0.6 is 0 Å². The zero-order chi connectivity index (χ0) is 21.6. The highest BCUT2D eigenvalue weighted by Crippen LogP contribution is 2.32. The van der Waals surface area contributed by atoms with Gasteiger partial charge in [-0.25, -0.2) is 9.59 Å². The maximum absolute atomic E-state index is 12.6. The third kappa shape index (κ3) is 6.00. The second-order valence-corrected chi connectivity index (χ2v) is 5.80. The molecule has 0 aliphatic rings. The molecule has 0 amide bonds. The number of aryl methyl sites for hydroxylation is 1. The summed E-state index contributed by atoms with van der Waals surface area (Å²) in [5, 5.41) is 2.78. The molecule has 0 atom stereocenters. The second kappa shape index (κ2) is 9.13. The third-order valence-corrected chi connectivity index (χ3v) is 3.75. The van der Waals surface area contributed by atoms with Gasteiger partial charge in [0.15, 0.2) is 0 Å². The van der Waals surface area contributed by atoms with Crippen LogP contribution in [0.5, 0.6) is 11.5 Å². The van der Waals surface area contributed by atoms with Gasteiger partial charge >= 0.3 is 18.1 Å². The molecule has 0 fully saturated rings. The van der Waals surface area contributed by atoms with Crippen LogP contribution in [0.15, 0.2) is 54.2 Å². The molecule has 0 radical (unpaired) electrons. The Morgan fingerprint density at radius 1 is 0.966 bits per heavy atom. The topological polar surface area (TPSA) is 73.9 Å². The predicted octanol–water partition coefficient (Wildman–Crippen LogP) is 4.45.